The number of hydrogen-bond donors (Lipinski definition) is 0. The summed E-state index contributed by atoms with van der Waals surface area (Å²) in [7, 11) is 1.56. The molecule has 3 aromatic rings. The summed E-state index contributed by atoms with van der Waals surface area (Å²) >= 11 is 0. The average Bonchev–Trinajstić information content (AvgIpc) is 3.28. The highest BCUT2D eigenvalue weighted by Crippen LogP contribution is 2.29. The highest BCUT2D eigenvalue weighted by molar-refractivity contribution is 5.81. The summed E-state index contributed by atoms with van der Waals surface area (Å²) in [5, 5.41) is 10.7. The molecule has 9 nitrogen and oxygen atoms in total. The predicted octanol–water partition coefficient (Wildman–Crippen LogP) is 2.70. The standard InChI is InChI=1S/C22H22F4N6O3/c1-30(12-14-2-4-16(23)5-3-14)19(33)13-35-20(34)15-8-10-31(11-9-15)18-7-6-17-27-28-21(22(24,25)26)32(17)29-18/h2-7,15H,8-13H2,1H3. The Morgan fingerprint density at radius 1 is 1.09 bits per heavy atom. The number of carbonyl (C=O) groups excluding carboxylic acids is 2. The summed E-state index contributed by atoms with van der Waals surface area (Å²) in [6.07, 6.45) is -3.90. The second-order valence-corrected chi connectivity index (χ2v) is 8.23. The Bertz CT molecular complexity index is 1210. The van der Waals surface area contributed by atoms with Gasteiger partial charge < -0.3 is 14.5 Å². The van der Waals surface area contributed by atoms with Crippen LogP contribution in [-0.4, -0.2) is 63.3 Å². The number of ether oxygens (including phenoxy) is 1. The molecule has 35 heavy (non-hydrogen) atoms. The van der Waals surface area contributed by atoms with Crippen molar-refractivity contribution in [2.24, 2.45) is 5.92 Å². The van der Waals surface area contributed by atoms with Gasteiger partial charge >= 0.3 is 12.1 Å². The van der Waals surface area contributed by atoms with Crippen molar-refractivity contribution in [2.45, 2.75) is 25.6 Å². The summed E-state index contributed by atoms with van der Waals surface area (Å²) in [4.78, 5) is 27.9. The van der Waals surface area contributed by atoms with Gasteiger partial charge in [0.2, 0.25) is 0 Å². The summed E-state index contributed by atoms with van der Waals surface area (Å²) < 4.78 is 58.2. The van der Waals surface area contributed by atoms with Gasteiger partial charge in [-0.25, -0.2) is 4.39 Å². The van der Waals surface area contributed by atoms with Crippen LogP contribution in [0.3, 0.4) is 0 Å². The zero-order valence-corrected chi connectivity index (χ0v) is 18.7. The van der Waals surface area contributed by atoms with Gasteiger partial charge in [-0.3, -0.25) is 9.59 Å². The molecule has 1 amide bonds. The van der Waals surface area contributed by atoms with Crippen molar-refractivity contribution in [1.29, 1.82) is 0 Å². The number of anilines is 1. The van der Waals surface area contributed by atoms with Crippen LogP contribution >= 0.6 is 0 Å². The van der Waals surface area contributed by atoms with Gasteiger partial charge in [0, 0.05) is 26.7 Å². The monoisotopic (exact) mass is 494 g/mol. The fourth-order valence-corrected chi connectivity index (χ4v) is 3.78. The van der Waals surface area contributed by atoms with Crippen LogP contribution in [0.4, 0.5) is 23.4 Å². The van der Waals surface area contributed by atoms with Crippen LogP contribution < -0.4 is 4.90 Å². The van der Waals surface area contributed by atoms with Gasteiger partial charge in [0.15, 0.2) is 12.3 Å². The molecule has 0 N–H and O–H groups in total. The number of esters is 1. The van der Waals surface area contributed by atoms with E-state index in [4.69, 9.17) is 4.74 Å². The molecule has 2 aromatic heterocycles. The van der Waals surface area contributed by atoms with Crippen molar-refractivity contribution in [2.75, 3.05) is 31.6 Å². The third-order valence-corrected chi connectivity index (χ3v) is 5.75. The molecule has 13 heteroatoms. The van der Waals surface area contributed by atoms with E-state index in [9.17, 15) is 27.2 Å². The SMILES string of the molecule is CN(Cc1ccc(F)cc1)C(=O)COC(=O)C1CCN(c2ccc3nnc(C(F)(F)F)n3n2)CC1. The molecule has 0 unspecified atom stereocenters. The lowest BCUT2D eigenvalue weighted by Crippen LogP contribution is -2.38. The number of carbonyl (C=O) groups is 2. The molecule has 1 aliphatic rings. The minimum atomic E-state index is -4.69. The summed E-state index contributed by atoms with van der Waals surface area (Å²) in [6.45, 7) is 0.581. The smallest absolute Gasteiger partial charge is 0.453 e. The molecular weight excluding hydrogens is 472 g/mol. The Morgan fingerprint density at radius 2 is 1.77 bits per heavy atom. The molecule has 0 atom stereocenters. The normalized spacial score (nSPS) is 14.8. The molecule has 4 rings (SSSR count). The number of benzene rings is 1. The number of aromatic nitrogens is 4. The number of fused-ring (bicyclic) bond motifs is 1. The van der Waals surface area contributed by atoms with Gasteiger partial charge in [-0.2, -0.15) is 17.7 Å². The van der Waals surface area contributed by atoms with Crippen LogP contribution in [0.2, 0.25) is 0 Å². The molecule has 3 heterocycles. The van der Waals surface area contributed by atoms with Crippen molar-refractivity contribution < 1.29 is 31.9 Å². The fourth-order valence-electron chi connectivity index (χ4n) is 3.78. The van der Waals surface area contributed by atoms with Crippen molar-refractivity contribution in [3.05, 3.63) is 53.6 Å². The van der Waals surface area contributed by atoms with Crippen LogP contribution in [0.5, 0.6) is 0 Å². The summed E-state index contributed by atoms with van der Waals surface area (Å²) in [5.41, 5.74) is 0.718. The summed E-state index contributed by atoms with van der Waals surface area (Å²) in [6, 6.07) is 8.69. The van der Waals surface area contributed by atoms with E-state index < -0.39 is 36.4 Å². The zero-order chi connectivity index (χ0) is 25.2. The minimum Gasteiger partial charge on any atom is -0.455 e. The first kappa shape index (κ1) is 24.4. The van der Waals surface area contributed by atoms with E-state index in [1.807, 2.05) is 0 Å². The third-order valence-electron chi connectivity index (χ3n) is 5.75. The van der Waals surface area contributed by atoms with Crippen LogP contribution in [0.1, 0.15) is 24.2 Å². The Morgan fingerprint density at radius 3 is 2.43 bits per heavy atom. The zero-order valence-electron chi connectivity index (χ0n) is 18.7. The third kappa shape index (κ3) is 5.66. The maximum atomic E-state index is 13.1. The van der Waals surface area contributed by atoms with Gasteiger partial charge in [-0.05, 0) is 42.7 Å². The molecule has 1 aliphatic heterocycles. The topological polar surface area (TPSA) is 92.9 Å². The number of alkyl halides is 3. The predicted molar refractivity (Wildman–Crippen MR) is 115 cm³/mol. The molecule has 0 spiro atoms. The summed E-state index contributed by atoms with van der Waals surface area (Å²) in [5.74, 6) is -2.61. The molecule has 0 aliphatic carbocycles. The van der Waals surface area contributed by atoms with Crippen molar-refractivity contribution in [3.63, 3.8) is 0 Å². The Kier molecular flexibility index (Phi) is 6.85. The van der Waals surface area contributed by atoms with Gasteiger partial charge in [-0.1, -0.05) is 12.1 Å². The van der Waals surface area contributed by atoms with E-state index in [-0.39, 0.29) is 18.0 Å². The highest BCUT2D eigenvalue weighted by Gasteiger charge is 2.38. The number of rotatable bonds is 6. The van der Waals surface area contributed by atoms with E-state index in [1.165, 1.54) is 23.1 Å². The van der Waals surface area contributed by atoms with E-state index in [1.54, 1.807) is 30.1 Å². The molecule has 0 radical (unpaired) electrons. The Hall–Kier alpha value is -3.77. The van der Waals surface area contributed by atoms with Crippen LogP contribution in [0, 0.1) is 11.7 Å². The fraction of sp³-hybridized carbons (Fsp3) is 0.409. The molecule has 0 saturated carbocycles. The number of amides is 1. The number of halogens is 4. The van der Waals surface area contributed by atoms with Gasteiger partial charge in [0.05, 0.1) is 5.92 Å². The molecule has 186 valence electrons. The number of nitrogens with zero attached hydrogens (tertiary/aromatic N) is 6. The van der Waals surface area contributed by atoms with Crippen LogP contribution in [0.15, 0.2) is 36.4 Å². The van der Waals surface area contributed by atoms with Crippen LogP contribution in [0.25, 0.3) is 5.65 Å². The Labute approximate surface area is 197 Å². The second-order valence-electron chi connectivity index (χ2n) is 8.23. The number of piperidine rings is 1. The molecule has 0 bridgehead atoms. The molecule has 1 aromatic carbocycles. The number of likely N-dealkylation sites (N-methyl/N-ethyl adjacent to an activating group) is 1. The molecule has 1 saturated heterocycles. The minimum absolute atomic E-state index is 0.0198. The highest BCUT2D eigenvalue weighted by atomic mass is 19.4. The number of hydrogen-bond acceptors (Lipinski definition) is 7. The van der Waals surface area contributed by atoms with Crippen molar-refractivity contribution in [1.82, 2.24) is 24.7 Å². The first-order valence-electron chi connectivity index (χ1n) is 10.8. The molecule has 1 fully saturated rings. The second kappa shape index (κ2) is 9.84. The van der Waals surface area contributed by atoms with Gasteiger partial charge in [0.1, 0.15) is 11.6 Å². The van der Waals surface area contributed by atoms with E-state index in [0.29, 0.717) is 36.3 Å². The van der Waals surface area contributed by atoms with E-state index in [0.717, 1.165) is 5.56 Å². The lowest BCUT2D eigenvalue weighted by molar-refractivity contribution is -0.155. The maximum absolute atomic E-state index is 13.1. The van der Waals surface area contributed by atoms with E-state index >= 15 is 0 Å². The van der Waals surface area contributed by atoms with E-state index in [2.05, 4.69) is 15.3 Å². The first-order valence-corrected chi connectivity index (χ1v) is 10.8. The maximum Gasteiger partial charge on any atom is 0.453 e. The Balaban J connectivity index is 1.28. The largest absolute Gasteiger partial charge is 0.455 e. The lowest BCUT2D eigenvalue weighted by Gasteiger charge is -2.31. The van der Waals surface area contributed by atoms with Gasteiger partial charge in [0.25, 0.3) is 11.7 Å². The first-order chi connectivity index (χ1) is 16.6. The van der Waals surface area contributed by atoms with Gasteiger partial charge in [-0.15, -0.1) is 15.3 Å². The van der Waals surface area contributed by atoms with Crippen LogP contribution in [-0.2, 0) is 27.0 Å². The average molecular weight is 494 g/mol. The molecular formula is C22H22F4N6O3. The van der Waals surface area contributed by atoms with Crippen molar-refractivity contribution >= 4 is 23.3 Å². The lowest BCUT2D eigenvalue weighted by atomic mass is 9.97. The van der Waals surface area contributed by atoms with Crippen molar-refractivity contribution in [3.8, 4) is 0 Å². The quantitative estimate of drug-likeness (QED) is 0.384.